The van der Waals surface area contributed by atoms with Gasteiger partial charge in [0.05, 0.1) is 6.20 Å². The van der Waals surface area contributed by atoms with E-state index < -0.39 is 10.0 Å². The molecule has 0 aliphatic carbocycles. The van der Waals surface area contributed by atoms with E-state index in [-0.39, 0.29) is 4.90 Å². The molecule has 0 amide bonds. The molecule has 0 saturated carbocycles. The summed E-state index contributed by atoms with van der Waals surface area (Å²) in [6.45, 7) is 0.785. The largest absolute Gasteiger partial charge is 0.398 e. The van der Waals surface area contributed by atoms with Gasteiger partial charge in [-0.25, -0.2) is 8.42 Å². The molecule has 106 valence electrons. The van der Waals surface area contributed by atoms with Gasteiger partial charge < -0.3 is 5.73 Å². The molecular formula is C13H16N4O2S. The van der Waals surface area contributed by atoms with Crippen LogP contribution in [-0.2, 0) is 30.0 Å². The maximum Gasteiger partial charge on any atom is 0.246 e. The van der Waals surface area contributed by atoms with E-state index in [1.807, 2.05) is 12.1 Å². The molecule has 0 unspecified atom stereocenters. The summed E-state index contributed by atoms with van der Waals surface area (Å²) in [6.07, 6.45) is 3.57. The van der Waals surface area contributed by atoms with Crippen LogP contribution in [0.15, 0.2) is 35.5 Å². The molecule has 20 heavy (non-hydrogen) atoms. The Bertz CT molecular complexity index is 751. The number of sulfonamides is 1. The molecule has 1 aromatic heterocycles. The van der Waals surface area contributed by atoms with Gasteiger partial charge in [-0.15, -0.1) is 0 Å². The average Bonchev–Trinajstić information content (AvgIpc) is 2.86. The van der Waals surface area contributed by atoms with Gasteiger partial charge in [0.1, 0.15) is 4.90 Å². The van der Waals surface area contributed by atoms with Crippen LogP contribution in [0.25, 0.3) is 0 Å². The van der Waals surface area contributed by atoms with Gasteiger partial charge in [0.2, 0.25) is 10.0 Å². The summed E-state index contributed by atoms with van der Waals surface area (Å²) in [4.78, 5) is 0.220. The molecule has 3 rings (SSSR count). The Hall–Kier alpha value is -1.86. The molecule has 0 radical (unpaired) electrons. The normalized spacial score (nSPS) is 16.1. The Labute approximate surface area is 117 Å². The molecular weight excluding hydrogens is 276 g/mol. The lowest BCUT2D eigenvalue weighted by molar-refractivity contribution is 0.392. The van der Waals surface area contributed by atoms with Gasteiger partial charge in [0.15, 0.2) is 0 Å². The summed E-state index contributed by atoms with van der Waals surface area (Å²) >= 11 is 0. The van der Waals surface area contributed by atoms with Crippen molar-refractivity contribution in [2.75, 3.05) is 12.3 Å². The standard InChI is InChI=1S/C13H16N4O2S/c1-16-8-11(7-15-16)20(18,19)17-6-5-10-3-2-4-13(14)12(10)9-17/h2-4,7-8H,5-6,9,14H2,1H3. The number of rotatable bonds is 2. The number of nitrogens with two attached hydrogens (primary N) is 1. The first-order valence-corrected chi connectivity index (χ1v) is 7.77. The van der Waals surface area contributed by atoms with Crippen molar-refractivity contribution in [3.05, 3.63) is 41.7 Å². The lowest BCUT2D eigenvalue weighted by Gasteiger charge is -2.28. The topological polar surface area (TPSA) is 81.2 Å². The second-order valence-corrected chi connectivity index (χ2v) is 6.86. The molecule has 0 spiro atoms. The monoisotopic (exact) mass is 292 g/mol. The lowest BCUT2D eigenvalue weighted by Crippen LogP contribution is -2.36. The summed E-state index contributed by atoms with van der Waals surface area (Å²) in [5, 5.41) is 3.93. The van der Waals surface area contributed by atoms with Crippen LogP contribution in [0.2, 0.25) is 0 Å². The third-order valence-corrected chi connectivity index (χ3v) is 5.39. The van der Waals surface area contributed by atoms with Crippen LogP contribution >= 0.6 is 0 Å². The number of nitrogen functional groups attached to an aromatic ring is 1. The van der Waals surface area contributed by atoms with Gasteiger partial charge in [-0.05, 0) is 23.6 Å². The van der Waals surface area contributed by atoms with Crippen molar-refractivity contribution in [2.24, 2.45) is 7.05 Å². The van der Waals surface area contributed by atoms with Crippen molar-refractivity contribution in [1.82, 2.24) is 14.1 Å². The number of hydrogen-bond acceptors (Lipinski definition) is 4. The Morgan fingerprint density at radius 2 is 2.15 bits per heavy atom. The maximum atomic E-state index is 12.6. The van der Waals surface area contributed by atoms with E-state index in [0.29, 0.717) is 25.2 Å². The average molecular weight is 292 g/mol. The Kier molecular flexibility index (Phi) is 3.02. The molecule has 7 heteroatoms. The minimum Gasteiger partial charge on any atom is -0.398 e. The van der Waals surface area contributed by atoms with Crippen LogP contribution in [0.1, 0.15) is 11.1 Å². The Morgan fingerprint density at radius 1 is 1.35 bits per heavy atom. The molecule has 0 atom stereocenters. The first-order chi connectivity index (χ1) is 9.48. The molecule has 1 aromatic carbocycles. The molecule has 0 fully saturated rings. The van der Waals surface area contributed by atoms with E-state index in [2.05, 4.69) is 5.10 Å². The number of nitrogens with zero attached hydrogens (tertiary/aromatic N) is 3. The quantitative estimate of drug-likeness (QED) is 0.828. The van der Waals surface area contributed by atoms with Gasteiger partial charge in [0, 0.05) is 32.0 Å². The summed E-state index contributed by atoms with van der Waals surface area (Å²) < 4.78 is 28.1. The predicted octanol–water partition coefficient (Wildman–Crippen LogP) is 0.749. The zero-order chi connectivity index (χ0) is 14.3. The summed E-state index contributed by atoms with van der Waals surface area (Å²) in [6, 6.07) is 5.71. The van der Waals surface area contributed by atoms with Crippen molar-refractivity contribution in [3.63, 3.8) is 0 Å². The highest BCUT2D eigenvalue weighted by molar-refractivity contribution is 7.89. The highest BCUT2D eigenvalue weighted by Crippen LogP contribution is 2.28. The fraction of sp³-hybridized carbons (Fsp3) is 0.308. The van der Waals surface area contributed by atoms with E-state index in [0.717, 1.165) is 11.1 Å². The highest BCUT2D eigenvalue weighted by Gasteiger charge is 2.29. The lowest BCUT2D eigenvalue weighted by atomic mass is 10.00. The van der Waals surface area contributed by atoms with Crippen LogP contribution in [0.3, 0.4) is 0 Å². The molecule has 6 nitrogen and oxygen atoms in total. The molecule has 1 aliphatic heterocycles. The van der Waals surface area contributed by atoms with Crippen molar-refractivity contribution in [2.45, 2.75) is 17.9 Å². The van der Waals surface area contributed by atoms with E-state index >= 15 is 0 Å². The zero-order valence-electron chi connectivity index (χ0n) is 11.2. The SMILES string of the molecule is Cn1cc(S(=O)(=O)N2CCc3cccc(N)c3C2)cn1. The van der Waals surface area contributed by atoms with Crippen LogP contribution in [0, 0.1) is 0 Å². The number of hydrogen-bond donors (Lipinski definition) is 1. The van der Waals surface area contributed by atoms with Crippen molar-refractivity contribution >= 4 is 15.7 Å². The molecule has 1 aliphatic rings. The van der Waals surface area contributed by atoms with Crippen molar-refractivity contribution in [3.8, 4) is 0 Å². The van der Waals surface area contributed by atoms with Gasteiger partial charge in [-0.1, -0.05) is 12.1 Å². The second-order valence-electron chi connectivity index (χ2n) is 4.92. The first-order valence-electron chi connectivity index (χ1n) is 6.33. The summed E-state index contributed by atoms with van der Waals surface area (Å²) in [7, 11) is -1.81. The molecule has 2 aromatic rings. The number of fused-ring (bicyclic) bond motifs is 1. The van der Waals surface area contributed by atoms with E-state index in [1.54, 1.807) is 13.1 Å². The van der Waals surface area contributed by atoms with Crippen LogP contribution in [0.5, 0.6) is 0 Å². The van der Waals surface area contributed by atoms with Crippen LogP contribution in [-0.4, -0.2) is 29.0 Å². The molecule has 2 N–H and O–H groups in total. The maximum absolute atomic E-state index is 12.6. The number of aryl methyl sites for hydroxylation is 1. The number of benzene rings is 1. The summed E-state index contributed by atoms with van der Waals surface area (Å²) in [5.74, 6) is 0. The van der Waals surface area contributed by atoms with Gasteiger partial charge in [-0.2, -0.15) is 9.40 Å². The van der Waals surface area contributed by atoms with Gasteiger partial charge in [-0.3, -0.25) is 4.68 Å². The molecule has 0 saturated heterocycles. The Morgan fingerprint density at radius 3 is 2.85 bits per heavy atom. The predicted molar refractivity (Wildman–Crippen MR) is 75.4 cm³/mol. The zero-order valence-corrected chi connectivity index (χ0v) is 12.0. The Balaban J connectivity index is 1.96. The summed E-state index contributed by atoms with van der Waals surface area (Å²) in [5.41, 5.74) is 8.63. The molecule has 2 heterocycles. The van der Waals surface area contributed by atoms with E-state index in [1.165, 1.54) is 21.4 Å². The van der Waals surface area contributed by atoms with Crippen LogP contribution in [0.4, 0.5) is 5.69 Å². The third kappa shape index (κ3) is 2.08. The number of anilines is 1. The minimum absolute atomic E-state index is 0.220. The second kappa shape index (κ2) is 4.60. The van der Waals surface area contributed by atoms with Gasteiger partial charge >= 0.3 is 0 Å². The van der Waals surface area contributed by atoms with Crippen molar-refractivity contribution < 1.29 is 8.42 Å². The highest BCUT2D eigenvalue weighted by atomic mass is 32.2. The van der Waals surface area contributed by atoms with E-state index in [9.17, 15) is 8.42 Å². The third-order valence-electron chi connectivity index (χ3n) is 3.59. The fourth-order valence-corrected chi connectivity index (χ4v) is 3.86. The smallest absolute Gasteiger partial charge is 0.246 e. The van der Waals surface area contributed by atoms with E-state index in [4.69, 9.17) is 5.73 Å². The van der Waals surface area contributed by atoms with Gasteiger partial charge in [0.25, 0.3) is 0 Å². The van der Waals surface area contributed by atoms with Crippen molar-refractivity contribution in [1.29, 1.82) is 0 Å². The minimum atomic E-state index is -3.51. The van der Waals surface area contributed by atoms with Crippen LogP contribution < -0.4 is 5.73 Å². The molecule has 0 bridgehead atoms. The fourth-order valence-electron chi connectivity index (χ4n) is 2.47. The number of aromatic nitrogens is 2. The first kappa shape index (κ1) is 13.1.